The number of nitrogen functional groups attached to an aromatic ring is 1. The molecule has 4 N–H and O–H groups in total. The number of aromatic amines is 1. The van der Waals surface area contributed by atoms with Crippen molar-refractivity contribution >= 4 is 22.7 Å². The third-order valence-corrected chi connectivity index (χ3v) is 3.95. The van der Waals surface area contributed by atoms with Gasteiger partial charge in [0.05, 0.1) is 30.6 Å². The lowest BCUT2D eigenvalue weighted by Gasteiger charge is -2.10. The van der Waals surface area contributed by atoms with Gasteiger partial charge in [0.1, 0.15) is 5.82 Å². The van der Waals surface area contributed by atoms with Gasteiger partial charge in [0.15, 0.2) is 0 Å². The lowest BCUT2D eigenvalue weighted by atomic mass is 10.1. The Bertz CT molecular complexity index is 1050. The third kappa shape index (κ3) is 3.12. The van der Waals surface area contributed by atoms with Gasteiger partial charge in [-0.05, 0) is 24.3 Å². The summed E-state index contributed by atoms with van der Waals surface area (Å²) in [5.41, 5.74) is 9.38. The van der Waals surface area contributed by atoms with Gasteiger partial charge in [0, 0.05) is 23.2 Å². The van der Waals surface area contributed by atoms with Gasteiger partial charge in [-0.3, -0.25) is 5.10 Å². The van der Waals surface area contributed by atoms with E-state index in [9.17, 15) is 0 Å². The van der Waals surface area contributed by atoms with E-state index in [2.05, 4.69) is 30.5 Å². The molecule has 0 radical (unpaired) electrons. The summed E-state index contributed by atoms with van der Waals surface area (Å²) in [5.74, 6) is 1.44. The molecule has 3 aromatic heterocycles. The first-order chi connectivity index (χ1) is 12.7. The minimum Gasteiger partial charge on any atom is -0.481 e. The number of H-pyrrole nitrogens is 1. The summed E-state index contributed by atoms with van der Waals surface area (Å²) >= 11 is 0. The minimum atomic E-state index is 0.209. The number of anilines is 2. The number of hydrogen-bond acceptors (Lipinski definition) is 7. The average molecular weight is 347 g/mol. The highest BCUT2D eigenvalue weighted by molar-refractivity contribution is 5.92. The molecule has 4 rings (SSSR count). The second-order valence-electron chi connectivity index (χ2n) is 5.66. The number of nitrogens with one attached hydrogen (secondary N) is 2. The summed E-state index contributed by atoms with van der Waals surface area (Å²) in [6.07, 6.45) is 1.71. The van der Waals surface area contributed by atoms with Crippen LogP contribution in [-0.4, -0.2) is 32.3 Å². The van der Waals surface area contributed by atoms with E-state index < -0.39 is 0 Å². The number of aromatic nitrogens is 5. The van der Waals surface area contributed by atoms with Crippen molar-refractivity contribution in [2.24, 2.45) is 0 Å². The van der Waals surface area contributed by atoms with E-state index in [1.165, 1.54) is 0 Å². The molecule has 0 amide bonds. The predicted octanol–water partition coefficient (Wildman–Crippen LogP) is 2.62. The van der Waals surface area contributed by atoms with Crippen LogP contribution in [0.15, 0.2) is 48.7 Å². The molecule has 130 valence electrons. The van der Waals surface area contributed by atoms with Crippen molar-refractivity contribution in [3.63, 3.8) is 0 Å². The molecule has 0 saturated carbocycles. The van der Waals surface area contributed by atoms with E-state index in [0.717, 1.165) is 27.9 Å². The molecule has 8 nitrogen and oxygen atoms in total. The van der Waals surface area contributed by atoms with Gasteiger partial charge in [-0.15, -0.1) is 0 Å². The Balaban J connectivity index is 1.66. The van der Waals surface area contributed by atoms with Crippen molar-refractivity contribution in [1.29, 1.82) is 0 Å². The zero-order valence-electron chi connectivity index (χ0n) is 14.1. The molecular formula is C18H17N7O. The Morgan fingerprint density at radius 1 is 1.12 bits per heavy atom. The van der Waals surface area contributed by atoms with Crippen molar-refractivity contribution in [1.82, 2.24) is 25.1 Å². The van der Waals surface area contributed by atoms with Crippen LogP contribution < -0.4 is 15.8 Å². The van der Waals surface area contributed by atoms with Gasteiger partial charge in [-0.1, -0.05) is 12.1 Å². The number of fused-ring (bicyclic) bond motifs is 1. The van der Waals surface area contributed by atoms with Crippen molar-refractivity contribution < 1.29 is 4.74 Å². The fourth-order valence-corrected chi connectivity index (χ4v) is 2.71. The van der Waals surface area contributed by atoms with Gasteiger partial charge < -0.3 is 15.8 Å². The van der Waals surface area contributed by atoms with Gasteiger partial charge in [0.2, 0.25) is 11.8 Å². The molecule has 0 aliphatic rings. The summed E-state index contributed by atoms with van der Waals surface area (Å²) in [6, 6.07) is 13.4. The maximum Gasteiger partial charge on any atom is 0.222 e. The number of rotatable bonds is 5. The molecule has 4 aromatic rings. The highest BCUT2D eigenvalue weighted by Gasteiger charge is 2.09. The number of nitrogens with two attached hydrogens (primary N) is 1. The number of nitrogens with zero attached hydrogens (tertiary/aromatic N) is 4. The zero-order chi connectivity index (χ0) is 17.9. The van der Waals surface area contributed by atoms with Crippen LogP contribution in [0.5, 0.6) is 5.88 Å². The molecule has 3 heterocycles. The standard InChI is InChI=1S/C18H17N7O/c1-26-16-4-2-3-12(22-16)10-20-17-13-6-5-11(14-7-8-21-25-14)9-15(13)23-18(19)24-17/h2-9H,10H2,1H3,(H,21,25)(H3,19,20,23,24). The van der Waals surface area contributed by atoms with Crippen LogP contribution in [0.2, 0.25) is 0 Å². The molecular weight excluding hydrogens is 330 g/mol. The molecule has 0 aliphatic carbocycles. The summed E-state index contributed by atoms with van der Waals surface area (Å²) in [6.45, 7) is 0.491. The highest BCUT2D eigenvalue weighted by Crippen LogP contribution is 2.26. The quantitative estimate of drug-likeness (QED) is 0.508. The number of ether oxygens (including phenoxy) is 1. The number of methoxy groups -OCH3 is 1. The molecule has 0 aliphatic heterocycles. The van der Waals surface area contributed by atoms with Gasteiger partial charge in [-0.25, -0.2) is 9.97 Å². The fraction of sp³-hybridized carbons (Fsp3) is 0.111. The van der Waals surface area contributed by atoms with Crippen molar-refractivity contribution in [2.45, 2.75) is 6.54 Å². The van der Waals surface area contributed by atoms with Crippen molar-refractivity contribution in [3.8, 4) is 17.1 Å². The Hall–Kier alpha value is -3.68. The predicted molar refractivity (Wildman–Crippen MR) is 99.6 cm³/mol. The minimum absolute atomic E-state index is 0.209. The van der Waals surface area contributed by atoms with Crippen molar-refractivity contribution in [3.05, 3.63) is 54.4 Å². The molecule has 0 unspecified atom stereocenters. The SMILES string of the molecule is COc1cccc(CNc2nc(N)nc3cc(-c4ccn[nH]4)ccc23)n1. The van der Waals surface area contributed by atoms with Crippen LogP contribution in [0.1, 0.15) is 5.69 Å². The van der Waals surface area contributed by atoms with E-state index in [4.69, 9.17) is 10.5 Å². The maximum absolute atomic E-state index is 5.89. The summed E-state index contributed by atoms with van der Waals surface area (Å²) in [4.78, 5) is 13.1. The molecule has 26 heavy (non-hydrogen) atoms. The Kier molecular flexibility index (Phi) is 4.06. The molecule has 0 bridgehead atoms. The van der Waals surface area contributed by atoms with E-state index in [0.29, 0.717) is 18.2 Å². The Morgan fingerprint density at radius 3 is 2.85 bits per heavy atom. The van der Waals surface area contributed by atoms with E-state index in [1.54, 1.807) is 19.4 Å². The molecule has 0 atom stereocenters. The second-order valence-corrected chi connectivity index (χ2v) is 5.66. The first-order valence-electron chi connectivity index (χ1n) is 8.04. The number of pyridine rings is 1. The molecule has 1 aromatic carbocycles. The van der Waals surface area contributed by atoms with E-state index in [1.807, 2.05) is 36.4 Å². The fourth-order valence-electron chi connectivity index (χ4n) is 2.71. The average Bonchev–Trinajstić information content (AvgIpc) is 3.20. The van der Waals surface area contributed by atoms with Crippen LogP contribution in [0.4, 0.5) is 11.8 Å². The molecule has 8 heteroatoms. The topological polar surface area (TPSA) is 115 Å². The lowest BCUT2D eigenvalue weighted by molar-refractivity contribution is 0.396. The Labute approximate surface area is 149 Å². The highest BCUT2D eigenvalue weighted by atomic mass is 16.5. The maximum atomic E-state index is 5.89. The summed E-state index contributed by atoms with van der Waals surface area (Å²) in [7, 11) is 1.59. The van der Waals surface area contributed by atoms with Gasteiger partial charge in [-0.2, -0.15) is 10.1 Å². The van der Waals surface area contributed by atoms with Crippen molar-refractivity contribution in [2.75, 3.05) is 18.2 Å². The summed E-state index contributed by atoms with van der Waals surface area (Å²) in [5, 5.41) is 11.1. The number of hydrogen-bond donors (Lipinski definition) is 3. The monoisotopic (exact) mass is 347 g/mol. The van der Waals surface area contributed by atoms with E-state index >= 15 is 0 Å². The Morgan fingerprint density at radius 2 is 2.04 bits per heavy atom. The first kappa shape index (κ1) is 15.8. The summed E-state index contributed by atoms with van der Waals surface area (Å²) < 4.78 is 5.15. The van der Waals surface area contributed by atoms with Crippen LogP contribution in [0.25, 0.3) is 22.2 Å². The van der Waals surface area contributed by atoms with Crippen LogP contribution >= 0.6 is 0 Å². The number of benzene rings is 1. The van der Waals surface area contributed by atoms with Gasteiger partial charge >= 0.3 is 0 Å². The van der Waals surface area contributed by atoms with E-state index in [-0.39, 0.29) is 5.95 Å². The molecule has 0 spiro atoms. The van der Waals surface area contributed by atoms with Gasteiger partial charge in [0.25, 0.3) is 0 Å². The largest absolute Gasteiger partial charge is 0.481 e. The van der Waals surface area contributed by atoms with Crippen LogP contribution in [0.3, 0.4) is 0 Å². The second kappa shape index (κ2) is 6.67. The first-order valence-corrected chi connectivity index (χ1v) is 8.04. The third-order valence-electron chi connectivity index (χ3n) is 3.95. The zero-order valence-corrected chi connectivity index (χ0v) is 14.1. The normalized spacial score (nSPS) is 10.8. The smallest absolute Gasteiger partial charge is 0.222 e. The molecule has 0 fully saturated rings. The van der Waals surface area contributed by atoms with Crippen LogP contribution in [-0.2, 0) is 6.54 Å². The lowest BCUT2D eigenvalue weighted by Crippen LogP contribution is -2.07. The van der Waals surface area contributed by atoms with Crippen LogP contribution in [0, 0.1) is 0 Å². The molecule has 0 saturated heterocycles.